The highest BCUT2D eigenvalue weighted by molar-refractivity contribution is 7.89. The van der Waals surface area contributed by atoms with Gasteiger partial charge < -0.3 is 9.80 Å². The molecule has 0 unspecified atom stereocenters. The molecule has 1 aromatic rings. The number of hydrogen-bond donors (Lipinski definition) is 0. The van der Waals surface area contributed by atoms with E-state index in [1.165, 1.54) is 23.2 Å². The van der Waals surface area contributed by atoms with Crippen molar-refractivity contribution in [3.05, 3.63) is 35.6 Å². The normalized spacial score (nSPS) is 19.5. The molecule has 2 saturated heterocycles. The van der Waals surface area contributed by atoms with Gasteiger partial charge in [0.25, 0.3) is 0 Å². The zero-order valence-corrected chi connectivity index (χ0v) is 16.5. The van der Waals surface area contributed by atoms with E-state index < -0.39 is 10.0 Å². The number of aryl methyl sites for hydroxylation is 1. The molecule has 0 aromatic heterocycles. The Balaban J connectivity index is 1.44. The minimum Gasteiger partial charge on any atom is -0.340 e. The molecule has 0 N–H and O–H groups in total. The average Bonchev–Trinajstić information content (AvgIpc) is 3.19. The number of sulfonamides is 1. The zero-order chi connectivity index (χ0) is 19.3. The van der Waals surface area contributed by atoms with Crippen LogP contribution in [0, 0.1) is 5.82 Å². The molecule has 150 valence electrons. The predicted octanol–water partition coefficient (Wildman–Crippen LogP) is 1.33. The molecule has 8 heteroatoms. The maximum absolute atomic E-state index is 13.7. The molecule has 0 atom stereocenters. The van der Waals surface area contributed by atoms with Crippen LogP contribution in [0.15, 0.2) is 24.3 Å². The zero-order valence-electron chi connectivity index (χ0n) is 15.6. The quantitative estimate of drug-likeness (QED) is 0.696. The fraction of sp³-hybridized carbons (Fsp3) is 0.632. The Morgan fingerprint density at radius 3 is 2.33 bits per heavy atom. The topological polar surface area (TPSA) is 60.9 Å². The maximum atomic E-state index is 13.7. The first-order valence-corrected chi connectivity index (χ1v) is 11.3. The molecule has 2 heterocycles. The smallest absolute Gasteiger partial charge is 0.223 e. The van der Waals surface area contributed by atoms with Gasteiger partial charge in [-0.3, -0.25) is 4.79 Å². The monoisotopic (exact) mass is 397 g/mol. The Kier molecular flexibility index (Phi) is 6.83. The average molecular weight is 398 g/mol. The summed E-state index contributed by atoms with van der Waals surface area (Å²) in [6.07, 6.45) is 3.07. The summed E-state index contributed by atoms with van der Waals surface area (Å²) in [5.74, 6) is -0.386. The number of carbonyl (C=O) groups is 1. The lowest BCUT2D eigenvalue weighted by Gasteiger charge is -2.34. The van der Waals surface area contributed by atoms with E-state index in [4.69, 9.17) is 0 Å². The lowest BCUT2D eigenvalue weighted by atomic mass is 10.2. The van der Waals surface area contributed by atoms with Gasteiger partial charge in [-0.25, -0.2) is 12.8 Å². The van der Waals surface area contributed by atoms with Gasteiger partial charge in [0, 0.05) is 39.1 Å². The van der Waals surface area contributed by atoms with Gasteiger partial charge in [-0.2, -0.15) is 4.31 Å². The molecule has 0 spiro atoms. The number of rotatable bonds is 7. The lowest BCUT2D eigenvalue weighted by Crippen LogP contribution is -2.51. The van der Waals surface area contributed by atoms with E-state index in [1.54, 1.807) is 23.1 Å². The predicted molar refractivity (Wildman–Crippen MR) is 102 cm³/mol. The van der Waals surface area contributed by atoms with Gasteiger partial charge in [-0.05, 0) is 44.0 Å². The number of benzene rings is 1. The van der Waals surface area contributed by atoms with Gasteiger partial charge in [0.05, 0.1) is 5.75 Å². The van der Waals surface area contributed by atoms with Crippen LogP contribution in [0.5, 0.6) is 0 Å². The van der Waals surface area contributed by atoms with Crippen LogP contribution in [0.2, 0.25) is 0 Å². The molecule has 1 aromatic carbocycles. The third-order valence-corrected chi connectivity index (χ3v) is 7.28. The molecule has 1 amide bonds. The SMILES string of the molecule is O=C(CCN1CCCC1)N1CCN(S(=O)(=O)CCc2ccccc2F)CC1. The summed E-state index contributed by atoms with van der Waals surface area (Å²) in [6, 6.07) is 6.25. The Bertz CT molecular complexity index is 742. The van der Waals surface area contributed by atoms with Crippen molar-refractivity contribution >= 4 is 15.9 Å². The number of halogens is 1. The second-order valence-corrected chi connectivity index (χ2v) is 9.32. The highest BCUT2D eigenvalue weighted by atomic mass is 32.2. The first kappa shape index (κ1) is 20.2. The number of amides is 1. The van der Waals surface area contributed by atoms with Crippen molar-refractivity contribution in [1.29, 1.82) is 0 Å². The van der Waals surface area contributed by atoms with E-state index in [1.807, 2.05) is 0 Å². The molecule has 6 nitrogen and oxygen atoms in total. The first-order valence-electron chi connectivity index (χ1n) is 9.67. The van der Waals surface area contributed by atoms with Crippen LogP contribution >= 0.6 is 0 Å². The van der Waals surface area contributed by atoms with Crippen LogP contribution in [-0.2, 0) is 21.2 Å². The number of hydrogen-bond acceptors (Lipinski definition) is 4. The fourth-order valence-electron chi connectivity index (χ4n) is 3.70. The molecular weight excluding hydrogens is 369 g/mol. The molecule has 0 saturated carbocycles. The largest absolute Gasteiger partial charge is 0.340 e. The molecule has 2 fully saturated rings. The summed E-state index contributed by atoms with van der Waals surface area (Å²) in [6.45, 7) is 4.42. The second kappa shape index (κ2) is 9.12. The number of nitrogens with zero attached hydrogens (tertiary/aromatic N) is 3. The molecular formula is C19H28FN3O3S. The molecule has 27 heavy (non-hydrogen) atoms. The Labute approximate surface area is 161 Å². The third kappa shape index (κ3) is 5.49. The highest BCUT2D eigenvalue weighted by Crippen LogP contribution is 2.14. The third-order valence-electron chi connectivity index (χ3n) is 5.41. The van der Waals surface area contributed by atoms with E-state index in [9.17, 15) is 17.6 Å². The van der Waals surface area contributed by atoms with Gasteiger partial charge in [-0.15, -0.1) is 0 Å². The van der Waals surface area contributed by atoms with Gasteiger partial charge in [0.2, 0.25) is 15.9 Å². The van der Waals surface area contributed by atoms with Gasteiger partial charge in [-0.1, -0.05) is 18.2 Å². The summed E-state index contributed by atoms with van der Waals surface area (Å²) in [4.78, 5) is 16.4. The van der Waals surface area contributed by atoms with Crippen molar-refractivity contribution in [3.8, 4) is 0 Å². The van der Waals surface area contributed by atoms with Crippen LogP contribution in [0.3, 0.4) is 0 Å². The highest BCUT2D eigenvalue weighted by Gasteiger charge is 2.29. The minimum absolute atomic E-state index is 0.102. The van der Waals surface area contributed by atoms with Crippen LogP contribution in [0.1, 0.15) is 24.8 Å². The molecule has 0 aliphatic carbocycles. The molecule has 0 radical (unpaired) electrons. The molecule has 3 rings (SSSR count). The van der Waals surface area contributed by atoms with Gasteiger partial charge in [0.15, 0.2) is 0 Å². The van der Waals surface area contributed by atoms with Crippen molar-refractivity contribution in [2.24, 2.45) is 0 Å². The minimum atomic E-state index is -3.45. The van der Waals surface area contributed by atoms with Crippen LogP contribution < -0.4 is 0 Å². The van der Waals surface area contributed by atoms with E-state index in [2.05, 4.69) is 4.90 Å². The molecule has 2 aliphatic rings. The summed E-state index contributed by atoms with van der Waals surface area (Å²) >= 11 is 0. The van der Waals surface area contributed by atoms with Gasteiger partial charge >= 0.3 is 0 Å². The van der Waals surface area contributed by atoms with Crippen molar-refractivity contribution < 1.29 is 17.6 Å². The van der Waals surface area contributed by atoms with E-state index >= 15 is 0 Å². The fourth-order valence-corrected chi connectivity index (χ4v) is 5.16. The Morgan fingerprint density at radius 1 is 1.00 bits per heavy atom. The van der Waals surface area contributed by atoms with Crippen LogP contribution in [0.25, 0.3) is 0 Å². The standard InChI is InChI=1S/C19H28FN3O3S/c20-18-6-2-1-5-17(18)8-16-27(25,26)23-14-12-22(13-15-23)19(24)7-11-21-9-3-4-10-21/h1-2,5-6H,3-4,7-16H2. The summed E-state index contributed by atoms with van der Waals surface area (Å²) < 4.78 is 40.2. The number of carbonyl (C=O) groups excluding carboxylic acids is 1. The van der Waals surface area contributed by atoms with Crippen LogP contribution in [-0.4, -0.2) is 80.0 Å². The Morgan fingerprint density at radius 2 is 1.67 bits per heavy atom. The van der Waals surface area contributed by atoms with Crippen molar-refractivity contribution in [1.82, 2.24) is 14.1 Å². The van der Waals surface area contributed by atoms with E-state index in [-0.39, 0.29) is 23.9 Å². The van der Waals surface area contributed by atoms with Crippen molar-refractivity contribution in [3.63, 3.8) is 0 Å². The first-order chi connectivity index (χ1) is 13.0. The molecule has 2 aliphatic heterocycles. The maximum Gasteiger partial charge on any atom is 0.223 e. The van der Waals surface area contributed by atoms with Crippen molar-refractivity contribution in [2.75, 3.05) is 51.6 Å². The van der Waals surface area contributed by atoms with E-state index in [0.717, 1.165) is 19.6 Å². The van der Waals surface area contributed by atoms with Crippen molar-refractivity contribution in [2.45, 2.75) is 25.7 Å². The summed E-state index contributed by atoms with van der Waals surface area (Å²) in [5.41, 5.74) is 0.414. The number of piperazine rings is 1. The second-order valence-electron chi connectivity index (χ2n) is 7.24. The summed E-state index contributed by atoms with van der Waals surface area (Å²) in [7, 11) is -3.45. The number of likely N-dealkylation sites (tertiary alicyclic amines) is 1. The van der Waals surface area contributed by atoms with Gasteiger partial charge in [0.1, 0.15) is 5.82 Å². The molecule has 0 bridgehead atoms. The Hall–Kier alpha value is -1.51. The summed E-state index contributed by atoms with van der Waals surface area (Å²) in [5, 5.41) is 0. The van der Waals surface area contributed by atoms with E-state index in [0.29, 0.717) is 38.2 Å². The van der Waals surface area contributed by atoms with Crippen LogP contribution in [0.4, 0.5) is 4.39 Å². The lowest BCUT2D eigenvalue weighted by molar-refractivity contribution is -0.132.